The third-order valence-electron chi connectivity index (χ3n) is 5.33. The van der Waals surface area contributed by atoms with Gasteiger partial charge in [-0.1, -0.05) is 29.8 Å². The third kappa shape index (κ3) is 5.53. The highest BCUT2D eigenvalue weighted by molar-refractivity contribution is 5.99. The van der Waals surface area contributed by atoms with E-state index in [0.29, 0.717) is 17.7 Å². The highest BCUT2D eigenvalue weighted by Gasteiger charge is 2.19. The van der Waals surface area contributed by atoms with Gasteiger partial charge in [-0.2, -0.15) is 0 Å². The van der Waals surface area contributed by atoms with E-state index in [-0.39, 0.29) is 30.4 Å². The van der Waals surface area contributed by atoms with Crippen LogP contribution in [0.2, 0.25) is 0 Å². The van der Waals surface area contributed by atoms with Gasteiger partial charge in [0.15, 0.2) is 5.78 Å². The van der Waals surface area contributed by atoms with Gasteiger partial charge >= 0.3 is 0 Å². The third-order valence-corrected chi connectivity index (χ3v) is 5.33. The quantitative estimate of drug-likeness (QED) is 0.729. The molecular weight excluding hydrogens is 364 g/mol. The standard InChI is InChI=1S/C24H28N2O3/c1-17-8-9-18(2)21(14-17)22(27)10-11-23(28)25-16-19-6-5-7-20(15-19)24(29)26-12-3-4-13-26/h5-9,14-15H,3-4,10-13,16H2,1-2H3,(H,25,28). The Morgan fingerprint density at radius 2 is 1.72 bits per heavy atom. The number of carbonyl (C=O) groups excluding carboxylic acids is 3. The maximum absolute atomic E-state index is 12.5. The summed E-state index contributed by atoms with van der Waals surface area (Å²) in [5.74, 6) is -0.130. The number of hydrogen-bond donors (Lipinski definition) is 1. The summed E-state index contributed by atoms with van der Waals surface area (Å²) in [4.78, 5) is 39.0. The number of nitrogens with one attached hydrogen (secondary N) is 1. The highest BCUT2D eigenvalue weighted by atomic mass is 16.2. The van der Waals surface area contributed by atoms with Crippen LogP contribution in [0.25, 0.3) is 0 Å². The van der Waals surface area contributed by atoms with E-state index in [0.717, 1.165) is 42.6 Å². The summed E-state index contributed by atoms with van der Waals surface area (Å²) in [6.45, 7) is 5.83. The summed E-state index contributed by atoms with van der Waals surface area (Å²) < 4.78 is 0. The molecule has 1 aliphatic heterocycles. The molecule has 3 rings (SSSR count). The first kappa shape index (κ1) is 20.8. The van der Waals surface area contributed by atoms with Crippen molar-refractivity contribution in [2.75, 3.05) is 13.1 Å². The number of rotatable bonds is 7. The van der Waals surface area contributed by atoms with Crippen molar-refractivity contribution >= 4 is 17.6 Å². The molecule has 5 heteroatoms. The lowest BCUT2D eigenvalue weighted by atomic mass is 9.99. The van der Waals surface area contributed by atoms with Gasteiger partial charge in [-0.3, -0.25) is 14.4 Å². The number of amides is 2. The molecule has 2 amide bonds. The molecule has 152 valence electrons. The number of benzene rings is 2. The van der Waals surface area contributed by atoms with Crippen LogP contribution in [-0.4, -0.2) is 35.6 Å². The van der Waals surface area contributed by atoms with Gasteiger partial charge in [0.1, 0.15) is 0 Å². The first-order valence-electron chi connectivity index (χ1n) is 10.2. The maximum atomic E-state index is 12.5. The Bertz CT molecular complexity index is 914. The Kier molecular flexibility index (Phi) is 6.81. The smallest absolute Gasteiger partial charge is 0.253 e. The summed E-state index contributed by atoms with van der Waals surface area (Å²) in [5, 5.41) is 2.85. The summed E-state index contributed by atoms with van der Waals surface area (Å²) in [5.41, 5.74) is 4.19. The van der Waals surface area contributed by atoms with Crippen LogP contribution in [0, 0.1) is 13.8 Å². The monoisotopic (exact) mass is 392 g/mol. The topological polar surface area (TPSA) is 66.5 Å². The van der Waals surface area contributed by atoms with Gasteiger partial charge in [0.25, 0.3) is 5.91 Å². The molecular formula is C24H28N2O3. The van der Waals surface area contributed by atoms with Crippen LogP contribution in [0.5, 0.6) is 0 Å². The molecule has 0 aliphatic carbocycles. The van der Waals surface area contributed by atoms with Crippen LogP contribution in [-0.2, 0) is 11.3 Å². The molecule has 5 nitrogen and oxygen atoms in total. The number of nitrogens with zero attached hydrogens (tertiary/aromatic N) is 1. The van der Waals surface area contributed by atoms with Crippen LogP contribution >= 0.6 is 0 Å². The molecule has 0 radical (unpaired) electrons. The number of hydrogen-bond acceptors (Lipinski definition) is 3. The minimum absolute atomic E-state index is 0.0143. The molecule has 0 spiro atoms. The van der Waals surface area contributed by atoms with Crippen molar-refractivity contribution in [3.8, 4) is 0 Å². The Morgan fingerprint density at radius 1 is 0.966 bits per heavy atom. The molecule has 2 aromatic carbocycles. The van der Waals surface area contributed by atoms with E-state index in [9.17, 15) is 14.4 Å². The highest BCUT2D eigenvalue weighted by Crippen LogP contribution is 2.15. The van der Waals surface area contributed by atoms with Crippen LogP contribution in [0.3, 0.4) is 0 Å². The normalized spacial score (nSPS) is 13.4. The minimum atomic E-state index is -0.167. The minimum Gasteiger partial charge on any atom is -0.352 e. The molecule has 1 aliphatic rings. The SMILES string of the molecule is Cc1ccc(C)c(C(=O)CCC(=O)NCc2cccc(C(=O)N3CCCC3)c2)c1. The second-order valence-corrected chi connectivity index (χ2v) is 7.72. The molecule has 1 N–H and O–H groups in total. The predicted molar refractivity (Wildman–Crippen MR) is 113 cm³/mol. The van der Waals surface area contributed by atoms with E-state index >= 15 is 0 Å². The van der Waals surface area contributed by atoms with E-state index in [1.807, 2.05) is 61.2 Å². The van der Waals surface area contributed by atoms with Gasteiger partial charge in [-0.05, 0) is 56.0 Å². The number of Topliss-reactive ketones (excluding diaryl/α,β-unsaturated/α-hetero) is 1. The van der Waals surface area contributed by atoms with Crippen molar-refractivity contribution in [1.82, 2.24) is 10.2 Å². The van der Waals surface area contributed by atoms with Crippen molar-refractivity contribution in [1.29, 1.82) is 0 Å². The Balaban J connectivity index is 1.50. The second kappa shape index (κ2) is 9.50. The lowest BCUT2D eigenvalue weighted by Crippen LogP contribution is -2.28. The average molecular weight is 392 g/mol. The molecule has 2 aromatic rings. The van der Waals surface area contributed by atoms with Crippen molar-refractivity contribution in [3.63, 3.8) is 0 Å². The van der Waals surface area contributed by atoms with Gasteiger partial charge < -0.3 is 10.2 Å². The van der Waals surface area contributed by atoms with Gasteiger partial charge in [-0.25, -0.2) is 0 Å². The fourth-order valence-corrected chi connectivity index (χ4v) is 3.60. The maximum Gasteiger partial charge on any atom is 0.253 e. The van der Waals surface area contributed by atoms with Crippen LogP contribution in [0.15, 0.2) is 42.5 Å². The Morgan fingerprint density at radius 3 is 2.48 bits per heavy atom. The Labute approximate surface area is 172 Å². The second-order valence-electron chi connectivity index (χ2n) is 7.72. The number of aryl methyl sites for hydroxylation is 2. The van der Waals surface area contributed by atoms with E-state index in [1.54, 1.807) is 0 Å². The fraction of sp³-hybridized carbons (Fsp3) is 0.375. The summed E-state index contributed by atoms with van der Waals surface area (Å²) in [6.07, 6.45) is 2.45. The molecule has 0 bridgehead atoms. The van der Waals surface area contributed by atoms with Gasteiger partial charge in [0.05, 0.1) is 0 Å². The predicted octanol–water partition coefficient (Wildman–Crippen LogP) is 3.82. The van der Waals surface area contributed by atoms with E-state index in [1.165, 1.54) is 0 Å². The fourth-order valence-electron chi connectivity index (χ4n) is 3.60. The molecule has 1 fully saturated rings. The molecule has 1 heterocycles. The first-order chi connectivity index (χ1) is 13.9. The lowest BCUT2D eigenvalue weighted by molar-refractivity contribution is -0.121. The molecule has 0 unspecified atom stereocenters. The number of carbonyl (C=O) groups is 3. The van der Waals surface area contributed by atoms with Crippen molar-refractivity contribution < 1.29 is 14.4 Å². The van der Waals surface area contributed by atoms with E-state index in [4.69, 9.17) is 0 Å². The molecule has 0 aromatic heterocycles. The van der Waals surface area contributed by atoms with Crippen LogP contribution in [0.1, 0.15) is 63.1 Å². The van der Waals surface area contributed by atoms with E-state index in [2.05, 4.69) is 5.32 Å². The summed E-state index contributed by atoms with van der Waals surface area (Å²) >= 11 is 0. The van der Waals surface area contributed by atoms with Gasteiger partial charge in [0.2, 0.25) is 5.91 Å². The molecule has 29 heavy (non-hydrogen) atoms. The lowest BCUT2D eigenvalue weighted by Gasteiger charge is -2.15. The van der Waals surface area contributed by atoms with Crippen LogP contribution < -0.4 is 5.32 Å². The van der Waals surface area contributed by atoms with Crippen LogP contribution in [0.4, 0.5) is 0 Å². The van der Waals surface area contributed by atoms with Crippen molar-refractivity contribution in [2.45, 2.75) is 46.1 Å². The number of likely N-dealkylation sites (tertiary alicyclic amines) is 1. The average Bonchev–Trinajstić information content (AvgIpc) is 3.26. The molecule has 1 saturated heterocycles. The zero-order valence-corrected chi connectivity index (χ0v) is 17.2. The molecule has 0 saturated carbocycles. The van der Waals surface area contributed by atoms with Gasteiger partial charge in [-0.15, -0.1) is 0 Å². The van der Waals surface area contributed by atoms with Gasteiger partial charge in [0, 0.05) is 43.6 Å². The Hall–Kier alpha value is -2.95. The zero-order chi connectivity index (χ0) is 20.8. The largest absolute Gasteiger partial charge is 0.352 e. The first-order valence-corrected chi connectivity index (χ1v) is 10.2. The molecule has 0 atom stereocenters. The summed E-state index contributed by atoms with van der Waals surface area (Å²) in [6, 6.07) is 13.2. The zero-order valence-electron chi connectivity index (χ0n) is 17.2. The van der Waals surface area contributed by atoms with Crippen molar-refractivity contribution in [2.24, 2.45) is 0 Å². The van der Waals surface area contributed by atoms with E-state index < -0.39 is 0 Å². The van der Waals surface area contributed by atoms with Crippen molar-refractivity contribution in [3.05, 3.63) is 70.3 Å². The number of ketones is 1. The summed E-state index contributed by atoms with van der Waals surface area (Å²) in [7, 11) is 0.